The van der Waals surface area contributed by atoms with Crippen molar-refractivity contribution in [3.63, 3.8) is 0 Å². The minimum absolute atomic E-state index is 0.00556. The predicted molar refractivity (Wildman–Crippen MR) is 80.3 cm³/mol. The number of aryl methyl sites for hydroxylation is 1. The van der Waals surface area contributed by atoms with Crippen LogP contribution in [0.4, 0.5) is 17.6 Å². The number of hydrogen-bond donors (Lipinski definition) is 0. The van der Waals surface area contributed by atoms with Crippen molar-refractivity contribution in [1.82, 2.24) is 4.98 Å². The van der Waals surface area contributed by atoms with Gasteiger partial charge >= 0.3 is 18.3 Å². The molecule has 7 heteroatoms. The SMILES string of the molecule is CCc1ccc(-c2ccc(C(=O)OCC(F)(F)C(F)F)cc2)nc1. The summed E-state index contributed by atoms with van der Waals surface area (Å²) >= 11 is 0. The molecular weight excluding hydrogens is 326 g/mol. The summed E-state index contributed by atoms with van der Waals surface area (Å²) in [5.74, 6) is -5.45. The molecule has 1 aromatic carbocycles. The molecule has 0 N–H and O–H groups in total. The third kappa shape index (κ3) is 4.31. The van der Waals surface area contributed by atoms with Crippen molar-refractivity contribution in [3.05, 3.63) is 53.7 Å². The van der Waals surface area contributed by atoms with Crippen LogP contribution in [0.3, 0.4) is 0 Å². The van der Waals surface area contributed by atoms with E-state index in [9.17, 15) is 22.4 Å². The first-order valence-electron chi connectivity index (χ1n) is 7.22. The van der Waals surface area contributed by atoms with Gasteiger partial charge in [-0.3, -0.25) is 4.98 Å². The van der Waals surface area contributed by atoms with Gasteiger partial charge in [-0.2, -0.15) is 8.78 Å². The van der Waals surface area contributed by atoms with Gasteiger partial charge in [0.15, 0.2) is 6.61 Å². The number of carbonyl (C=O) groups excluding carboxylic acids is 1. The van der Waals surface area contributed by atoms with Crippen LogP contribution in [-0.2, 0) is 11.2 Å². The molecule has 24 heavy (non-hydrogen) atoms. The fourth-order valence-electron chi connectivity index (χ4n) is 1.89. The fourth-order valence-corrected chi connectivity index (χ4v) is 1.89. The molecule has 1 heterocycles. The summed E-state index contributed by atoms with van der Waals surface area (Å²) in [6.45, 7) is 0.347. The lowest BCUT2D eigenvalue weighted by Gasteiger charge is -2.15. The number of ether oxygens (including phenoxy) is 1. The van der Waals surface area contributed by atoms with Gasteiger partial charge in [-0.15, -0.1) is 0 Å². The third-order valence-corrected chi connectivity index (χ3v) is 3.36. The Morgan fingerprint density at radius 3 is 2.33 bits per heavy atom. The van der Waals surface area contributed by atoms with Crippen LogP contribution in [0.5, 0.6) is 0 Å². The second-order valence-electron chi connectivity index (χ2n) is 5.12. The Hall–Kier alpha value is -2.44. The van der Waals surface area contributed by atoms with E-state index in [0.29, 0.717) is 5.69 Å². The molecule has 0 bridgehead atoms. The Balaban J connectivity index is 2.04. The van der Waals surface area contributed by atoms with Gasteiger partial charge in [0.25, 0.3) is 0 Å². The molecule has 3 nitrogen and oxygen atoms in total. The first-order valence-corrected chi connectivity index (χ1v) is 7.22. The first-order chi connectivity index (χ1) is 11.3. The van der Waals surface area contributed by atoms with Crippen LogP contribution in [-0.4, -0.2) is 29.9 Å². The summed E-state index contributed by atoms with van der Waals surface area (Å²) < 4.78 is 53.7. The topological polar surface area (TPSA) is 39.2 Å². The van der Waals surface area contributed by atoms with Gasteiger partial charge in [-0.1, -0.05) is 25.1 Å². The van der Waals surface area contributed by atoms with E-state index >= 15 is 0 Å². The van der Waals surface area contributed by atoms with E-state index in [1.165, 1.54) is 12.1 Å². The van der Waals surface area contributed by atoms with Crippen molar-refractivity contribution in [2.75, 3.05) is 6.61 Å². The molecule has 0 fully saturated rings. The number of alkyl halides is 4. The van der Waals surface area contributed by atoms with Crippen molar-refractivity contribution in [2.24, 2.45) is 0 Å². The number of halogens is 4. The summed E-state index contributed by atoms with van der Waals surface area (Å²) in [5.41, 5.74) is 2.50. The Kier molecular flexibility index (Phi) is 5.54. The second-order valence-corrected chi connectivity index (χ2v) is 5.12. The van der Waals surface area contributed by atoms with Crippen LogP contribution in [0.1, 0.15) is 22.8 Å². The highest BCUT2D eigenvalue weighted by molar-refractivity contribution is 5.90. The van der Waals surface area contributed by atoms with Gasteiger partial charge < -0.3 is 4.74 Å². The normalized spacial score (nSPS) is 11.6. The van der Waals surface area contributed by atoms with Crippen molar-refractivity contribution < 1.29 is 27.1 Å². The van der Waals surface area contributed by atoms with Crippen LogP contribution in [0.15, 0.2) is 42.6 Å². The standard InChI is InChI=1S/C17H15F4NO2/c1-2-11-3-8-14(22-9-11)12-4-6-13(7-5-12)15(23)24-10-17(20,21)16(18)19/h3-9,16H,2,10H2,1H3. The molecule has 1 aromatic heterocycles. The smallest absolute Gasteiger partial charge is 0.340 e. The summed E-state index contributed by atoms with van der Waals surface area (Å²) in [6, 6.07) is 9.65. The quantitative estimate of drug-likeness (QED) is 0.579. The molecule has 2 aromatic rings. The largest absolute Gasteiger partial charge is 0.455 e. The van der Waals surface area contributed by atoms with Gasteiger partial charge in [-0.05, 0) is 30.2 Å². The van der Waals surface area contributed by atoms with Crippen molar-refractivity contribution in [2.45, 2.75) is 25.7 Å². The Morgan fingerprint density at radius 1 is 1.17 bits per heavy atom. The van der Waals surface area contributed by atoms with E-state index < -0.39 is 24.9 Å². The first kappa shape index (κ1) is 17.9. The molecular formula is C17H15F4NO2. The summed E-state index contributed by atoms with van der Waals surface area (Å²) in [6.07, 6.45) is -1.28. The van der Waals surface area contributed by atoms with Crippen LogP contribution in [0.25, 0.3) is 11.3 Å². The molecule has 0 saturated carbocycles. The molecule has 2 rings (SSSR count). The third-order valence-electron chi connectivity index (χ3n) is 3.36. The molecule has 0 spiro atoms. The van der Waals surface area contributed by atoms with Gasteiger partial charge in [0.1, 0.15) is 0 Å². The molecule has 0 radical (unpaired) electrons. The number of carbonyl (C=O) groups is 1. The second kappa shape index (κ2) is 7.42. The summed E-state index contributed by atoms with van der Waals surface area (Å²) in [7, 11) is 0. The summed E-state index contributed by atoms with van der Waals surface area (Å²) in [4.78, 5) is 15.9. The van der Waals surface area contributed by atoms with Gasteiger partial charge in [0.05, 0.1) is 11.3 Å². The molecule has 128 valence electrons. The number of hydrogen-bond acceptors (Lipinski definition) is 3. The average Bonchev–Trinajstić information content (AvgIpc) is 2.60. The lowest BCUT2D eigenvalue weighted by Crippen LogP contribution is -2.33. The highest BCUT2D eigenvalue weighted by atomic mass is 19.3. The molecule has 0 unspecified atom stereocenters. The molecule has 0 amide bonds. The molecule has 0 atom stereocenters. The van der Waals surface area contributed by atoms with Crippen molar-refractivity contribution in [1.29, 1.82) is 0 Å². The monoisotopic (exact) mass is 341 g/mol. The van der Waals surface area contributed by atoms with E-state index in [-0.39, 0.29) is 5.56 Å². The van der Waals surface area contributed by atoms with Gasteiger partial charge in [0, 0.05) is 11.8 Å². The number of aromatic nitrogens is 1. The zero-order valence-electron chi connectivity index (χ0n) is 12.8. The molecule has 0 aliphatic heterocycles. The van der Waals surface area contributed by atoms with E-state index in [4.69, 9.17) is 0 Å². The number of nitrogens with zero attached hydrogens (tertiary/aromatic N) is 1. The number of esters is 1. The lowest BCUT2D eigenvalue weighted by atomic mass is 10.1. The van der Waals surface area contributed by atoms with E-state index in [1.54, 1.807) is 18.3 Å². The average molecular weight is 341 g/mol. The van der Waals surface area contributed by atoms with Crippen LogP contribution < -0.4 is 0 Å². The predicted octanol–water partition coefficient (Wildman–Crippen LogP) is 4.37. The zero-order valence-corrected chi connectivity index (χ0v) is 12.8. The van der Waals surface area contributed by atoms with E-state index in [2.05, 4.69) is 9.72 Å². The number of rotatable bonds is 6. The molecule has 0 aliphatic rings. The Morgan fingerprint density at radius 2 is 1.83 bits per heavy atom. The zero-order chi connectivity index (χ0) is 17.7. The number of benzene rings is 1. The molecule has 0 saturated heterocycles. The highest BCUT2D eigenvalue weighted by Gasteiger charge is 2.42. The van der Waals surface area contributed by atoms with Crippen molar-refractivity contribution in [3.8, 4) is 11.3 Å². The summed E-state index contributed by atoms with van der Waals surface area (Å²) in [5, 5.41) is 0. The maximum Gasteiger partial charge on any atom is 0.340 e. The van der Waals surface area contributed by atoms with Crippen LogP contribution >= 0.6 is 0 Å². The Bertz CT molecular complexity index is 685. The minimum atomic E-state index is -4.36. The number of pyridine rings is 1. The van der Waals surface area contributed by atoms with Crippen LogP contribution in [0.2, 0.25) is 0 Å². The lowest BCUT2D eigenvalue weighted by molar-refractivity contribution is -0.155. The van der Waals surface area contributed by atoms with Crippen LogP contribution in [0, 0.1) is 0 Å². The van der Waals surface area contributed by atoms with Gasteiger partial charge in [0.2, 0.25) is 0 Å². The minimum Gasteiger partial charge on any atom is -0.455 e. The van der Waals surface area contributed by atoms with Gasteiger partial charge in [-0.25, -0.2) is 13.6 Å². The molecule has 0 aliphatic carbocycles. The Labute approximate surface area is 136 Å². The van der Waals surface area contributed by atoms with Crippen molar-refractivity contribution >= 4 is 5.97 Å². The fraction of sp³-hybridized carbons (Fsp3) is 0.294. The van der Waals surface area contributed by atoms with E-state index in [1.807, 2.05) is 19.1 Å². The van der Waals surface area contributed by atoms with E-state index in [0.717, 1.165) is 17.5 Å². The maximum absolute atomic E-state index is 12.7. The highest BCUT2D eigenvalue weighted by Crippen LogP contribution is 2.24. The maximum atomic E-state index is 12.7.